The number of carbonyl (C=O) groups is 2. The van der Waals surface area contributed by atoms with Crippen molar-refractivity contribution < 1.29 is 9.59 Å². The van der Waals surface area contributed by atoms with Crippen molar-refractivity contribution in [2.24, 2.45) is 0 Å². The van der Waals surface area contributed by atoms with Crippen LogP contribution in [0, 0.1) is 0 Å². The molecule has 7 nitrogen and oxygen atoms in total. The third-order valence-corrected chi connectivity index (χ3v) is 5.41. The van der Waals surface area contributed by atoms with Crippen LogP contribution in [0.5, 0.6) is 0 Å². The largest absolute Gasteiger partial charge is 0.369 e. The Hall–Kier alpha value is -2.90. The Balaban J connectivity index is 1.42. The first-order chi connectivity index (χ1) is 15.4. The number of piperazine rings is 1. The molecule has 1 fully saturated rings. The lowest BCUT2D eigenvalue weighted by Gasteiger charge is -2.36. The minimum atomic E-state index is -0.132. The summed E-state index contributed by atoms with van der Waals surface area (Å²) in [4.78, 5) is 30.7. The summed E-state index contributed by atoms with van der Waals surface area (Å²) in [5.74, 6) is -0.212. The zero-order valence-corrected chi connectivity index (χ0v) is 19.4. The highest BCUT2D eigenvalue weighted by molar-refractivity contribution is 5.92. The van der Waals surface area contributed by atoms with Crippen LogP contribution in [-0.4, -0.2) is 74.0 Å². The summed E-state index contributed by atoms with van der Waals surface area (Å²) >= 11 is 0. The predicted molar refractivity (Wildman–Crippen MR) is 130 cm³/mol. The van der Waals surface area contributed by atoms with Crippen LogP contribution in [0.15, 0.2) is 54.6 Å². The number of rotatable bonds is 9. The number of likely N-dealkylation sites (N-methyl/N-ethyl adjacent to an activating group) is 1. The minimum Gasteiger partial charge on any atom is -0.369 e. The second-order valence-corrected chi connectivity index (χ2v) is 8.74. The predicted octanol–water partition coefficient (Wildman–Crippen LogP) is 2.40. The monoisotopic (exact) mass is 437 g/mol. The Morgan fingerprint density at radius 2 is 1.53 bits per heavy atom. The Labute approximate surface area is 191 Å². The number of hydrogen-bond acceptors (Lipinski definition) is 5. The van der Waals surface area contributed by atoms with Crippen LogP contribution in [-0.2, 0) is 16.1 Å². The van der Waals surface area contributed by atoms with Crippen molar-refractivity contribution in [2.75, 3.05) is 56.5 Å². The summed E-state index contributed by atoms with van der Waals surface area (Å²) in [5, 5.41) is 5.74. The fourth-order valence-corrected chi connectivity index (χ4v) is 3.88. The third-order valence-electron chi connectivity index (χ3n) is 5.41. The average molecular weight is 438 g/mol. The van der Waals surface area contributed by atoms with Crippen molar-refractivity contribution in [2.45, 2.75) is 26.4 Å². The van der Waals surface area contributed by atoms with Crippen molar-refractivity contribution in [1.29, 1.82) is 0 Å². The van der Waals surface area contributed by atoms with E-state index in [9.17, 15) is 9.59 Å². The molecule has 0 spiro atoms. The van der Waals surface area contributed by atoms with E-state index in [1.54, 1.807) is 11.9 Å². The van der Waals surface area contributed by atoms with E-state index in [1.807, 2.05) is 26.0 Å². The molecule has 1 heterocycles. The van der Waals surface area contributed by atoms with E-state index in [4.69, 9.17) is 0 Å². The number of carbonyl (C=O) groups excluding carboxylic acids is 2. The van der Waals surface area contributed by atoms with Gasteiger partial charge in [0.15, 0.2) is 0 Å². The molecular weight excluding hydrogens is 402 g/mol. The van der Waals surface area contributed by atoms with E-state index in [-0.39, 0.29) is 30.9 Å². The first kappa shape index (κ1) is 23.8. The lowest BCUT2D eigenvalue weighted by molar-refractivity contribution is -0.123. The van der Waals surface area contributed by atoms with Gasteiger partial charge in [0, 0.05) is 50.1 Å². The van der Waals surface area contributed by atoms with Crippen LogP contribution in [0.4, 0.5) is 11.4 Å². The lowest BCUT2D eigenvalue weighted by atomic mass is 10.2. The molecule has 1 saturated heterocycles. The van der Waals surface area contributed by atoms with E-state index >= 15 is 0 Å². The molecule has 3 rings (SSSR count). The normalized spacial score (nSPS) is 14.6. The maximum absolute atomic E-state index is 12.3. The molecule has 2 aromatic carbocycles. The number of amides is 2. The van der Waals surface area contributed by atoms with Gasteiger partial charge in [-0.2, -0.15) is 0 Å². The quantitative estimate of drug-likeness (QED) is 0.631. The van der Waals surface area contributed by atoms with Crippen LogP contribution in [0.1, 0.15) is 19.4 Å². The second-order valence-electron chi connectivity index (χ2n) is 8.74. The number of anilines is 2. The van der Waals surface area contributed by atoms with Gasteiger partial charge in [-0.3, -0.25) is 19.4 Å². The smallest absolute Gasteiger partial charge is 0.238 e. The summed E-state index contributed by atoms with van der Waals surface area (Å²) in [5.41, 5.74) is 3.29. The summed E-state index contributed by atoms with van der Waals surface area (Å²) in [6, 6.07) is 18.7. The molecule has 0 atom stereocenters. The summed E-state index contributed by atoms with van der Waals surface area (Å²) < 4.78 is 0. The zero-order valence-electron chi connectivity index (χ0n) is 19.4. The van der Waals surface area contributed by atoms with Crippen molar-refractivity contribution >= 4 is 23.2 Å². The Morgan fingerprint density at radius 3 is 2.16 bits per heavy atom. The van der Waals surface area contributed by atoms with Gasteiger partial charge < -0.3 is 15.5 Å². The SMILES string of the molecule is CC(C)NC(=O)CN(C)CC(=O)Nc1ccc(N2CCN(Cc3ccccc3)CC2)cc1. The van der Waals surface area contributed by atoms with Gasteiger partial charge in [0.2, 0.25) is 11.8 Å². The van der Waals surface area contributed by atoms with Gasteiger partial charge in [0.25, 0.3) is 0 Å². The maximum Gasteiger partial charge on any atom is 0.238 e. The number of hydrogen-bond donors (Lipinski definition) is 2. The van der Waals surface area contributed by atoms with Crippen LogP contribution in [0.3, 0.4) is 0 Å². The van der Waals surface area contributed by atoms with E-state index in [0.717, 1.165) is 38.4 Å². The van der Waals surface area contributed by atoms with Crippen LogP contribution >= 0.6 is 0 Å². The summed E-state index contributed by atoms with van der Waals surface area (Å²) in [7, 11) is 1.76. The molecular formula is C25H35N5O2. The molecule has 0 bridgehead atoms. The highest BCUT2D eigenvalue weighted by Crippen LogP contribution is 2.20. The van der Waals surface area contributed by atoms with E-state index in [0.29, 0.717) is 0 Å². The van der Waals surface area contributed by atoms with Gasteiger partial charge in [0.1, 0.15) is 0 Å². The van der Waals surface area contributed by atoms with Gasteiger partial charge >= 0.3 is 0 Å². The molecule has 32 heavy (non-hydrogen) atoms. The molecule has 1 aliphatic heterocycles. The molecule has 2 N–H and O–H groups in total. The zero-order chi connectivity index (χ0) is 22.9. The van der Waals surface area contributed by atoms with Crippen molar-refractivity contribution in [3.8, 4) is 0 Å². The molecule has 0 radical (unpaired) electrons. The highest BCUT2D eigenvalue weighted by atomic mass is 16.2. The van der Waals surface area contributed by atoms with Gasteiger partial charge in [-0.1, -0.05) is 30.3 Å². The Morgan fingerprint density at radius 1 is 0.906 bits per heavy atom. The fraction of sp³-hybridized carbons (Fsp3) is 0.440. The fourth-order valence-electron chi connectivity index (χ4n) is 3.88. The topological polar surface area (TPSA) is 67.9 Å². The Kier molecular flexibility index (Phi) is 8.64. The number of benzene rings is 2. The maximum atomic E-state index is 12.3. The van der Waals surface area contributed by atoms with E-state index < -0.39 is 0 Å². The van der Waals surface area contributed by atoms with Gasteiger partial charge in [-0.15, -0.1) is 0 Å². The molecule has 7 heteroatoms. The van der Waals surface area contributed by atoms with Crippen molar-refractivity contribution in [3.63, 3.8) is 0 Å². The second kappa shape index (κ2) is 11.6. The third kappa shape index (κ3) is 7.66. The van der Waals surface area contributed by atoms with E-state index in [2.05, 4.69) is 62.9 Å². The summed E-state index contributed by atoms with van der Waals surface area (Å²) in [6.07, 6.45) is 0. The molecule has 2 aromatic rings. The van der Waals surface area contributed by atoms with Crippen molar-refractivity contribution in [1.82, 2.24) is 15.1 Å². The Bertz CT molecular complexity index is 862. The van der Waals surface area contributed by atoms with Crippen LogP contribution in [0.2, 0.25) is 0 Å². The first-order valence-electron chi connectivity index (χ1n) is 11.3. The van der Waals surface area contributed by atoms with Gasteiger partial charge in [-0.25, -0.2) is 0 Å². The molecule has 0 aliphatic carbocycles. The minimum absolute atomic E-state index is 0.0801. The molecule has 2 amide bonds. The molecule has 172 valence electrons. The molecule has 0 unspecified atom stereocenters. The van der Waals surface area contributed by atoms with Crippen LogP contribution < -0.4 is 15.5 Å². The van der Waals surface area contributed by atoms with E-state index in [1.165, 1.54) is 11.3 Å². The molecule has 0 saturated carbocycles. The molecule has 0 aromatic heterocycles. The lowest BCUT2D eigenvalue weighted by Crippen LogP contribution is -2.45. The van der Waals surface area contributed by atoms with Crippen LogP contribution in [0.25, 0.3) is 0 Å². The average Bonchev–Trinajstić information content (AvgIpc) is 2.75. The summed E-state index contributed by atoms with van der Waals surface area (Å²) in [6.45, 7) is 9.22. The number of nitrogens with zero attached hydrogens (tertiary/aromatic N) is 3. The number of nitrogens with one attached hydrogen (secondary N) is 2. The highest BCUT2D eigenvalue weighted by Gasteiger charge is 2.17. The molecule has 1 aliphatic rings. The van der Waals surface area contributed by atoms with Crippen molar-refractivity contribution in [3.05, 3.63) is 60.2 Å². The van der Waals surface area contributed by atoms with Gasteiger partial charge in [-0.05, 0) is 50.7 Å². The standard InChI is InChI=1S/C25H35N5O2/c1-20(2)26-24(31)18-28(3)19-25(32)27-22-9-11-23(12-10-22)30-15-13-29(14-16-30)17-21-7-5-4-6-8-21/h4-12,20H,13-19H2,1-3H3,(H,26,31)(H,27,32). The first-order valence-corrected chi connectivity index (χ1v) is 11.3. The van der Waals surface area contributed by atoms with Gasteiger partial charge in [0.05, 0.1) is 13.1 Å².